The standard InChI is InChI=1S/C19H16N2O9.C2H6/c1-26-16(23)8-6-10(17(24)27-2)21-14-12(8)13-9(7-11(20-13)18(25)28-3)19(15(14)22)29-4-5-30-19;1-2/h6-7,20H,4-5H2,1-3H3;1-2H3. The molecule has 2 aliphatic rings. The molecule has 0 amide bonds. The van der Waals surface area contributed by atoms with Crippen molar-refractivity contribution in [3.05, 3.63) is 40.3 Å². The number of esters is 3. The maximum Gasteiger partial charge on any atom is 0.356 e. The maximum atomic E-state index is 13.4. The number of fused-ring (bicyclic) bond motifs is 4. The third kappa shape index (κ3) is 3.35. The second-order valence-corrected chi connectivity index (χ2v) is 6.37. The fourth-order valence-corrected chi connectivity index (χ4v) is 3.55. The predicted molar refractivity (Wildman–Crippen MR) is 107 cm³/mol. The zero-order chi connectivity index (χ0) is 23.6. The van der Waals surface area contributed by atoms with E-state index >= 15 is 0 Å². The van der Waals surface area contributed by atoms with Crippen molar-refractivity contribution in [2.75, 3.05) is 34.5 Å². The number of hydrogen-bond acceptors (Lipinski definition) is 10. The van der Waals surface area contributed by atoms with Gasteiger partial charge in [0.05, 0.1) is 45.8 Å². The number of ether oxygens (including phenoxy) is 5. The molecule has 1 N–H and O–H groups in total. The van der Waals surface area contributed by atoms with Crippen molar-refractivity contribution in [2.45, 2.75) is 19.6 Å². The lowest BCUT2D eigenvalue weighted by Gasteiger charge is -2.31. The smallest absolute Gasteiger partial charge is 0.356 e. The van der Waals surface area contributed by atoms with Gasteiger partial charge in [-0.1, -0.05) is 13.8 Å². The van der Waals surface area contributed by atoms with Crippen LogP contribution in [-0.4, -0.2) is 68.2 Å². The van der Waals surface area contributed by atoms with Crippen molar-refractivity contribution in [1.29, 1.82) is 0 Å². The van der Waals surface area contributed by atoms with E-state index in [1.54, 1.807) is 0 Å². The zero-order valence-electron chi connectivity index (χ0n) is 18.2. The molecule has 0 bridgehead atoms. The van der Waals surface area contributed by atoms with Crippen LogP contribution >= 0.6 is 0 Å². The monoisotopic (exact) mass is 446 g/mol. The minimum Gasteiger partial charge on any atom is -0.465 e. The summed E-state index contributed by atoms with van der Waals surface area (Å²) in [6.07, 6.45) is 0. The van der Waals surface area contributed by atoms with Crippen LogP contribution in [0.3, 0.4) is 0 Å². The molecule has 11 heteroatoms. The second-order valence-electron chi connectivity index (χ2n) is 6.37. The number of Topliss-reactive ketones (excluding diaryl/α,β-unsaturated/α-hetero) is 1. The molecule has 32 heavy (non-hydrogen) atoms. The minimum absolute atomic E-state index is 0.00878. The van der Waals surface area contributed by atoms with Crippen molar-refractivity contribution in [1.82, 2.24) is 9.97 Å². The van der Waals surface area contributed by atoms with E-state index in [0.29, 0.717) is 0 Å². The first kappa shape index (κ1) is 23.1. The molecule has 0 saturated carbocycles. The number of methoxy groups -OCH3 is 3. The molecule has 1 fully saturated rings. The molecular formula is C21H22N2O9. The molecule has 0 unspecified atom stereocenters. The number of pyridine rings is 1. The quantitative estimate of drug-likeness (QED) is 0.548. The molecule has 1 spiro atoms. The van der Waals surface area contributed by atoms with Gasteiger partial charge in [0.25, 0.3) is 5.79 Å². The lowest BCUT2D eigenvalue weighted by molar-refractivity contribution is -0.126. The SMILES string of the molecule is CC.COC(=O)c1cc(C(=O)OC)c2c(n1)C(=O)C1(OCCO1)c1cc(C(=O)OC)[nH]c1-2. The van der Waals surface area contributed by atoms with Gasteiger partial charge in [-0.3, -0.25) is 4.79 Å². The van der Waals surface area contributed by atoms with Crippen molar-refractivity contribution in [2.24, 2.45) is 0 Å². The van der Waals surface area contributed by atoms with Gasteiger partial charge in [-0.15, -0.1) is 0 Å². The predicted octanol–water partition coefficient (Wildman–Crippen LogP) is 1.86. The summed E-state index contributed by atoms with van der Waals surface area (Å²) in [4.78, 5) is 57.1. The molecule has 0 atom stereocenters. The van der Waals surface area contributed by atoms with Crippen LogP contribution in [0.1, 0.15) is 61.2 Å². The van der Waals surface area contributed by atoms with Crippen LogP contribution in [0.25, 0.3) is 11.3 Å². The fourth-order valence-electron chi connectivity index (χ4n) is 3.55. The molecule has 2 aromatic rings. The first-order valence-electron chi connectivity index (χ1n) is 9.74. The van der Waals surface area contributed by atoms with E-state index in [1.807, 2.05) is 13.8 Å². The Balaban J connectivity index is 0.00000141. The Bertz CT molecular complexity index is 1100. The van der Waals surface area contributed by atoms with Crippen molar-refractivity contribution in [3.8, 4) is 11.3 Å². The molecule has 3 heterocycles. The highest BCUT2D eigenvalue weighted by molar-refractivity contribution is 6.15. The highest BCUT2D eigenvalue weighted by atomic mass is 16.7. The van der Waals surface area contributed by atoms with Gasteiger partial charge in [0.2, 0.25) is 5.78 Å². The second kappa shape index (κ2) is 8.89. The van der Waals surface area contributed by atoms with Gasteiger partial charge in [0.15, 0.2) is 0 Å². The third-order valence-corrected chi connectivity index (χ3v) is 4.85. The van der Waals surface area contributed by atoms with Crippen molar-refractivity contribution in [3.63, 3.8) is 0 Å². The topological polar surface area (TPSA) is 143 Å². The average molecular weight is 446 g/mol. The van der Waals surface area contributed by atoms with Gasteiger partial charge in [-0.25, -0.2) is 19.4 Å². The Morgan fingerprint density at radius 3 is 2.12 bits per heavy atom. The highest BCUT2D eigenvalue weighted by Gasteiger charge is 2.54. The maximum absolute atomic E-state index is 13.4. The Hall–Kier alpha value is -3.57. The van der Waals surface area contributed by atoms with E-state index in [2.05, 4.69) is 14.7 Å². The molecule has 0 radical (unpaired) electrons. The van der Waals surface area contributed by atoms with Gasteiger partial charge in [-0.05, 0) is 12.1 Å². The van der Waals surface area contributed by atoms with E-state index in [9.17, 15) is 19.2 Å². The van der Waals surface area contributed by atoms with Crippen LogP contribution in [0.5, 0.6) is 0 Å². The number of aromatic nitrogens is 2. The molecule has 1 aliphatic heterocycles. The summed E-state index contributed by atoms with van der Waals surface area (Å²) < 4.78 is 25.5. The molecule has 0 aromatic carbocycles. The Morgan fingerprint density at radius 1 is 0.969 bits per heavy atom. The molecular weight excluding hydrogens is 424 g/mol. The number of carbonyl (C=O) groups is 4. The number of rotatable bonds is 3. The number of hydrogen-bond donors (Lipinski definition) is 1. The minimum atomic E-state index is -1.87. The van der Waals surface area contributed by atoms with Crippen molar-refractivity contribution < 1.29 is 42.9 Å². The summed E-state index contributed by atoms with van der Waals surface area (Å²) in [5.74, 6) is -4.99. The van der Waals surface area contributed by atoms with Crippen LogP contribution in [-0.2, 0) is 29.5 Å². The van der Waals surface area contributed by atoms with E-state index in [4.69, 9.17) is 18.9 Å². The van der Waals surface area contributed by atoms with Crippen molar-refractivity contribution >= 4 is 23.7 Å². The van der Waals surface area contributed by atoms with Crippen LogP contribution in [0.2, 0.25) is 0 Å². The van der Waals surface area contributed by atoms with Crippen LogP contribution in [0.15, 0.2) is 12.1 Å². The number of carbonyl (C=O) groups excluding carboxylic acids is 4. The first-order chi connectivity index (χ1) is 15.4. The number of nitrogens with one attached hydrogen (secondary N) is 1. The number of aromatic amines is 1. The van der Waals surface area contributed by atoms with Gasteiger partial charge >= 0.3 is 17.9 Å². The summed E-state index contributed by atoms with van der Waals surface area (Å²) in [5, 5.41) is 0. The Labute approximate surface area is 183 Å². The fraction of sp³-hybridized carbons (Fsp3) is 0.381. The van der Waals surface area contributed by atoms with Gasteiger partial charge in [-0.2, -0.15) is 0 Å². The Kier molecular flexibility index (Phi) is 6.42. The molecule has 1 saturated heterocycles. The summed E-state index contributed by atoms with van der Waals surface area (Å²) in [7, 11) is 3.49. The Morgan fingerprint density at radius 2 is 1.56 bits per heavy atom. The van der Waals surface area contributed by atoms with Crippen LogP contribution in [0.4, 0.5) is 0 Å². The normalized spacial score (nSPS) is 15.2. The molecule has 11 nitrogen and oxygen atoms in total. The van der Waals surface area contributed by atoms with E-state index in [1.165, 1.54) is 13.2 Å². The highest BCUT2D eigenvalue weighted by Crippen LogP contribution is 2.47. The molecule has 170 valence electrons. The van der Waals surface area contributed by atoms with Crippen LogP contribution in [0, 0.1) is 0 Å². The third-order valence-electron chi connectivity index (χ3n) is 4.85. The average Bonchev–Trinajstić information content (AvgIpc) is 3.50. The summed E-state index contributed by atoms with van der Waals surface area (Å²) in [6, 6.07) is 2.52. The lowest BCUT2D eigenvalue weighted by Crippen LogP contribution is -2.41. The molecule has 1 aliphatic carbocycles. The summed E-state index contributed by atoms with van der Waals surface area (Å²) in [5.41, 5.74) is -0.216. The van der Waals surface area contributed by atoms with E-state index < -0.39 is 29.5 Å². The summed E-state index contributed by atoms with van der Waals surface area (Å²) >= 11 is 0. The molecule has 2 aromatic heterocycles. The number of nitrogens with zero attached hydrogens (tertiary/aromatic N) is 1. The number of ketones is 1. The van der Waals surface area contributed by atoms with Gasteiger partial charge in [0, 0.05) is 11.1 Å². The van der Waals surface area contributed by atoms with E-state index in [0.717, 1.165) is 20.3 Å². The zero-order valence-corrected chi connectivity index (χ0v) is 18.2. The first-order valence-corrected chi connectivity index (χ1v) is 9.74. The molecule has 4 rings (SSSR count). The number of H-pyrrole nitrogens is 1. The largest absolute Gasteiger partial charge is 0.465 e. The van der Waals surface area contributed by atoms with Gasteiger partial charge < -0.3 is 28.7 Å². The lowest BCUT2D eigenvalue weighted by atomic mass is 9.85. The van der Waals surface area contributed by atoms with Gasteiger partial charge in [0.1, 0.15) is 17.1 Å². The van der Waals surface area contributed by atoms with E-state index in [-0.39, 0.29) is 52.7 Å². The van der Waals surface area contributed by atoms with Crippen LogP contribution < -0.4 is 0 Å². The summed E-state index contributed by atoms with van der Waals surface area (Å²) in [6.45, 7) is 4.22.